The SMILES string of the molecule is CCCCOc1c(C(=O)c2ccc(Cc3ccc(F)cc3)o2)oc(CN=[N+]=[N-])cc1=O. The summed E-state index contributed by atoms with van der Waals surface area (Å²) in [7, 11) is 0. The van der Waals surface area contributed by atoms with Crippen LogP contribution in [-0.4, -0.2) is 12.4 Å². The molecule has 8 nitrogen and oxygen atoms in total. The first-order chi connectivity index (χ1) is 15.0. The molecule has 0 bridgehead atoms. The normalized spacial score (nSPS) is 10.5. The number of ether oxygens (including phenoxy) is 1. The molecule has 0 fully saturated rings. The molecule has 0 saturated heterocycles. The molecule has 9 heteroatoms. The lowest BCUT2D eigenvalue weighted by molar-refractivity contribution is 0.0969. The number of azide groups is 1. The van der Waals surface area contributed by atoms with E-state index in [4.69, 9.17) is 19.1 Å². The van der Waals surface area contributed by atoms with Gasteiger partial charge in [-0.2, -0.15) is 0 Å². The average molecular weight is 425 g/mol. The summed E-state index contributed by atoms with van der Waals surface area (Å²) in [4.78, 5) is 28.2. The van der Waals surface area contributed by atoms with Gasteiger partial charge in [-0.25, -0.2) is 4.39 Å². The molecule has 3 rings (SSSR count). The van der Waals surface area contributed by atoms with Crippen molar-refractivity contribution >= 4 is 5.78 Å². The highest BCUT2D eigenvalue weighted by atomic mass is 19.1. The molecule has 0 aliphatic carbocycles. The maximum Gasteiger partial charge on any atom is 0.267 e. The Hall–Kier alpha value is -3.84. The second-order valence-corrected chi connectivity index (χ2v) is 6.72. The molecular weight excluding hydrogens is 405 g/mol. The Bertz CT molecular complexity index is 1160. The minimum atomic E-state index is -0.670. The van der Waals surface area contributed by atoms with Crippen molar-refractivity contribution < 1.29 is 22.8 Å². The molecule has 31 heavy (non-hydrogen) atoms. The molecule has 0 unspecified atom stereocenters. The average Bonchev–Trinajstić information content (AvgIpc) is 3.23. The molecule has 0 amide bonds. The van der Waals surface area contributed by atoms with E-state index in [1.807, 2.05) is 6.92 Å². The molecule has 0 spiro atoms. The summed E-state index contributed by atoms with van der Waals surface area (Å²) in [5.74, 6) is -1.05. The fraction of sp³-hybridized carbons (Fsp3) is 0.273. The summed E-state index contributed by atoms with van der Waals surface area (Å²) in [6.45, 7) is 1.98. The third-order valence-electron chi connectivity index (χ3n) is 4.37. The molecule has 0 saturated carbocycles. The zero-order valence-corrected chi connectivity index (χ0v) is 16.8. The van der Waals surface area contributed by atoms with E-state index in [-0.39, 0.29) is 42.0 Å². The third kappa shape index (κ3) is 5.61. The third-order valence-corrected chi connectivity index (χ3v) is 4.37. The molecule has 1 aromatic carbocycles. The van der Waals surface area contributed by atoms with Gasteiger partial charge in [-0.3, -0.25) is 9.59 Å². The topological polar surface area (TPSA) is 118 Å². The van der Waals surface area contributed by atoms with Gasteiger partial charge in [0.2, 0.25) is 16.9 Å². The van der Waals surface area contributed by atoms with Gasteiger partial charge in [0.25, 0.3) is 5.78 Å². The summed E-state index contributed by atoms with van der Waals surface area (Å²) >= 11 is 0. The van der Waals surface area contributed by atoms with Crippen LogP contribution in [0.3, 0.4) is 0 Å². The van der Waals surface area contributed by atoms with E-state index < -0.39 is 11.2 Å². The van der Waals surface area contributed by atoms with Gasteiger partial charge in [0.05, 0.1) is 13.2 Å². The van der Waals surface area contributed by atoms with Crippen LogP contribution in [0.4, 0.5) is 4.39 Å². The van der Waals surface area contributed by atoms with Crippen LogP contribution in [0.15, 0.2) is 61.2 Å². The fourth-order valence-electron chi connectivity index (χ4n) is 2.82. The monoisotopic (exact) mass is 425 g/mol. The first-order valence-corrected chi connectivity index (χ1v) is 9.70. The van der Waals surface area contributed by atoms with Crippen LogP contribution < -0.4 is 10.2 Å². The Morgan fingerprint density at radius 3 is 2.65 bits per heavy atom. The zero-order chi connectivity index (χ0) is 22.2. The van der Waals surface area contributed by atoms with Crippen LogP contribution in [0.2, 0.25) is 0 Å². The van der Waals surface area contributed by atoms with Crippen molar-refractivity contribution in [3.63, 3.8) is 0 Å². The Balaban J connectivity index is 1.90. The Kier molecular flexibility index (Phi) is 7.24. The Morgan fingerprint density at radius 2 is 1.94 bits per heavy atom. The molecule has 0 radical (unpaired) electrons. The van der Waals surface area contributed by atoms with Gasteiger partial charge in [0.1, 0.15) is 17.3 Å². The van der Waals surface area contributed by atoms with Gasteiger partial charge >= 0.3 is 0 Å². The van der Waals surface area contributed by atoms with Crippen molar-refractivity contribution in [3.8, 4) is 5.75 Å². The predicted octanol–water partition coefficient (Wildman–Crippen LogP) is 5.18. The molecule has 0 aliphatic rings. The summed E-state index contributed by atoms with van der Waals surface area (Å²) in [5.41, 5.74) is 8.76. The molecule has 2 aromatic heterocycles. The second-order valence-electron chi connectivity index (χ2n) is 6.72. The first-order valence-electron chi connectivity index (χ1n) is 9.70. The number of carbonyl (C=O) groups is 1. The zero-order valence-electron chi connectivity index (χ0n) is 16.8. The lowest BCUT2D eigenvalue weighted by Gasteiger charge is -2.09. The van der Waals surface area contributed by atoms with Crippen LogP contribution in [0, 0.1) is 5.82 Å². The van der Waals surface area contributed by atoms with E-state index >= 15 is 0 Å². The molecule has 160 valence electrons. The molecule has 2 heterocycles. The van der Waals surface area contributed by atoms with Crippen LogP contribution in [0.5, 0.6) is 5.75 Å². The lowest BCUT2D eigenvalue weighted by Crippen LogP contribution is -2.15. The number of hydrogen-bond donors (Lipinski definition) is 0. The number of unbranched alkanes of at least 4 members (excludes halogenated alkanes) is 1. The van der Waals surface area contributed by atoms with Gasteiger partial charge < -0.3 is 13.6 Å². The summed E-state index contributed by atoms with van der Waals surface area (Å²) < 4.78 is 29.8. The number of nitrogens with zero attached hydrogens (tertiary/aromatic N) is 3. The number of hydrogen-bond acceptors (Lipinski definition) is 6. The highest BCUT2D eigenvalue weighted by molar-refractivity contribution is 6.06. The van der Waals surface area contributed by atoms with Crippen LogP contribution in [-0.2, 0) is 13.0 Å². The fourth-order valence-corrected chi connectivity index (χ4v) is 2.82. The predicted molar refractivity (Wildman–Crippen MR) is 110 cm³/mol. The summed E-state index contributed by atoms with van der Waals surface area (Å²) in [5, 5.41) is 3.36. The van der Waals surface area contributed by atoms with Crippen molar-refractivity contribution in [3.05, 3.63) is 97.6 Å². The Labute approximate surface area is 176 Å². The van der Waals surface area contributed by atoms with Crippen LogP contribution in [0.1, 0.15) is 53.2 Å². The minimum absolute atomic E-state index is 0.0343. The number of furan rings is 1. The van der Waals surface area contributed by atoms with Gasteiger partial charge in [-0.1, -0.05) is 30.6 Å². The van der Waals surface area contributed by atoms with Gasteiger partial charge in [-0.05, 0) is 41.8 Å². The minimum Gasteiger partial charge on any atom is -0.486 e. The number of rotatable bonds is 10. The molecule has 0 atom stereocenters. The number of ketones is 1. The van der Waals surface area contributed by atoms with E-state index in [2.05, 4.69) is 10.0 Å². The van der Waals surface area contributed by atoms with Crippen molar-refractivity contribution in [1.82, 2.24) is 0 Å². The van der Waals surface area contributed by atoms with Crippen molar-refractivity contribution in [2.75, 3.05) is 6.61 Å². The maximum absolute atomic E-state index is 13.1. The molecule has 3 aromatic rings. The second kappa shape index (κ2) is 10.3. The van der Waals surface area contributed by atoms with Gasteiger partial charge in [-0.15, -0.1) is 0 Å². The Morgan fingerprint density at radius 1 is 1.16 bits per heavy atom. The van der Waals surface area contributed by atoms with Gasteiger partial charge in [0.15, 0.2) is 5.76 Å². The van der Waals surface area contributed by atoms with Crippen molar-refractivity contribution in [1.29, 1.82) is 0 Å². The van der Waals surface area contributed by atoms with E-state index in [0.29, 0.717) is 18.6 Å². The van der Waals surface area contributed by atoms with Crippen LogP contribution in [0.25, 0.3) is 10.4 Å². The maximum atomic E-state index is 13.1. The number of halogens is 1. The lowest BCUT2D eigenvalue weighted by atomic mass is 10.1. The smallest absolute Gasteiger partial charge is 0.267 e. The molecule has 0 aliphatic heterocycles. The molecular formula is C22H20FN3O5. The van der Waals surface area contributed by atoms with E-state index in [9.17, 15) is 14.0 Å². The largest absolute Gasteiger partial charge is 0.486 e. The molecule has 0 N–H and O–H groups in total. The van der Waals surface area contributed by atoms with E-state index in [1.165, 1.54) is 18.2 Å². The number of benzene rings is 1. The van der Waals surface area contributed by atoms with E-state index in [1.54, 1.807) is 18.2 Å². The van der Waals surface area contributed by atoms with E-state index in [0.717, 1.165) is 18.1 Å². The van der Waals surface area contributed by atoms with Crippen molar-refractivity contribution in [2.24, 2.45) is 5.11 Å². The number of carbonyl (C=O) groups excluding carboxylic acids is 1. The highest BCUT2D eigenvalue weighted by Crippen LogP contribution is 2.23. The summed E-state index contributed by atoms with van der Waals surface area (Å²) in [6.07, 6.45) is 1.89. The standard InChI is InChI=1S/C22H20FN3O5/c1-2-3-10-29-21-18(27)12-17(13-25-26-24)31-22(21)20(28)19-9-8-16(30-19)11-14-4-6-15(23)7-5-14/h4-9,12H,2-3,10-11,13H2,1H3. The quantitative estimate of drug-likeness (QED) is 0.146. The highest BCUT2D eigenvalue weighted by Gasteiger charge is 2.25. The van der Waals surface area contributed by atoms with Gasteiger partial charge in [0, 0.05) is 17.4 Å². The van der Waals surface area contributed by atoms with Crippen molar-refractivity contribution in [2.45, 2.75) is 32.7 Å². The van der Waals surface area contributed by atoms with Crippen LogP contribution >= 0.6 is 0 Å². The first kappa shape index (κ1) is 21.9. The summed E-state index contributed by atoms with van der Waals surface area (Å²) in [6, 6.07) is 10.2.